The lowest BCUT2D eigenvalue weighted by Gasteiger charge is -2.38. The molecule has 3 aromatic carbocycles. The normalized spacial score (nSPS) is 18.9. The molecule has 3 N–H and O–H groups in total. The summed E-state index contributed by atoms with van der Waals surface area (Å²) in [5, 5.41) is 12.4. The molecule has 19 nitrogen and oxygen atoms in total. The summed E-state index contributed by atoms with van der Waals surface area (Å²) < 4.78 is 53.2. The second-order valence-corrected chi connectivity index (χ2v) is 18.3. The maximum absolute atomic E-state index is 14.6. The van der Waals surface area contributed by atoms with Crippen molar-refractivity contribution in [3.63, 3.8) is 0 Å². The first-order valence-electron chi connectivity index (χ1n) is 24.4. The zero-order valence-corrected chi connectivity index (χ0v) is 40.2. The number of likely N-dealkylation sites (tertiary alicyclic amines) is 1. The number of benzene rings is 3. The van der Waals surface area contributed by atoms with Crippen molar-refractivity contribution >= 4 is 57.9 Å². The third-order valence-electron chi connectivity index (χ3n) is 13.6. The first-order valence-corrected chi connectivity index (χ1v) is 24.4. The minimum absolute atomic E-state index is 0.00793. The van der Waals surface area contributed by atoms with Gasteiger partial charge in [-0.05, 0) is 94.0 Å². The Morgan fingerprint density at radius 1 is 0.778 bits per heavy atom. The van der Waals surface area contributed by atoms with Gasteiger partial charge in [0, 0.05) is 68.1 Å². The van der Waals surface area contributed by atoms with Gasteiger partial charge in [0.05, 0.1) is 80.1 Å². The number of aryl methyl sites for hydroxylation is 2. The van der Waals surface area contributed by atoms with Crippen LogP contribution in [0.4, 0.5) is 20.2 Å². The third kappa shape index (κ3) is 10.8. The molecule has 0 bridgehead atoms. The fourth-order valence-corrected chi connectivity index (χ4v) is 10.1. The number of fused-ring (bicyclic) bond motifs is 2. The number of nitrogens with one attached hydrogen (secondary N) is 3. The van der Waals surface area contributed by atoms with Crippen molar-refractivity contribution < 1.29 is 56.3 Å². The highest BCUT2D eigenvalue weighted by Crippen LogP contribution is 2.41. The summed E-state index contributed by atoms with van der Waals surface area (Å²) in [5.74, 6) is -3.15. The maximum Gasteiger partial charge on any atom is 0.262 e. The number of aromatic nitrogens is 3. The van der Waals surface area contributed by atoms with Gasteiger partial charge < -0.3 is 38.8 Å². The van der Waals surface area contributed by atoms with E-state index in [1.54, 1.807) is 23.1 Å². The van der Waals surface area contributed by atoms with E-state index in [-0.39, 0.29) is 60.5 Å². The van der Waals surface area contributed by atoms with Crippen LogP contribution in [-0.4, -0.2) is 138 Å². The number of carbonyl (C=O) groups excluding carboxylic acids is 6. The Bertz CT molecular complexity index is 2860. The molecule has 4 aliphatic heterocycles. The van der Waals surface area contributed by atoms with E-state index >= 15 is 0 Å². The lowest BCUT2D eigenvalue weighted by atomic mass is 9.98. The van der Waals surface area contributed by atoms with Gasteiger partial charge in [-0.3, -0.25) is 43.9 Å². The van der Waals surface area contributed by atoms with Crippen LogP contribution in [0, 0.1) is 25.5 Å². The third-order valence-corrected chi connectivity index (χ3v) is 13.6. The van der Waals surface area contributed by atoms with Gasteiger partial charge in [0.2, 0.25) is 23.6 Å². The van der Waals surface area contributed by atoms with Crippen molar-refractivity contribution in [2.75, 3.05) is 82.6 Å². The lowest BCUT2D eigenvalue weighted by Crippen LogP contribution is -2.54. The van der Waals surface area contributed by atoms with Crippen LogP contribution in [0.5, 0.6) is 0 Å². The highest BCUT2D eigenvalue weighted by atomic mass is 19.2. The number of imide groups is 2. The number of hydrogen-bond acceptors (Lipinski definition) is 14. The Hall–Kier alpha value is -6.94. The van der Waals surface area contributed by atoms with Crippen molar-refractivity contribution in [2.24, 2.45) is 0 Å². The van der Waals surface area contributed by atoms with Crippen LogP contribution in [0.15, 0.2) is 59.1 Å². The molecule has 9 rings (SSSR count). The Kier molecular flexibility index (Phi) is 15.4. The minimum Gasteiger partial charge on any atom is -0.383 e. The molecule has 21 heteroatoms. The summed E-state index contributed by atoms with van der Waals surface area (Å²) in [7, 11) is 0. The summed E-state index contributed by atoms with van der Waals surface area (Å²) in [5.41, 5.74) is 5.47. The second-order valence-electron chi connectivity index (χ2n) is 18.3. The van der Waals surface area contributed by atoms with Crippen molar-refractivity contribution in [1.29, 1.82) is 0 Å². The van der Waals surface area contributed by atoms with Crippen LogP contribution in [0.3, 0.4) is 0 Å². The molecular formula is C51H57F2N9O10. The molecule has 6 amide bonds. The lowest BCUT2D eigenvalue weighted by molar-refractivity contribution is -0.136. The van der Waals surface area contributed by atoms with E-state index < -0.39 is 47.3 Å². The van der Waals surface area contributed by atoms with Crippen LogP contribution in [-0.2, 0) is 33.4 Å². The molecule has 0 spiro atoms. The zero-order chi connectivity index (χ0) is 50.5. The number of nitrogens with zero attached hydrogens (tertiary/aromatic N) is 6. The van der Waals surface area contributed by atoms with Crippen molar-refractivity contribution in [3.05, 3.63) is 94.6 Å². The molecule has 6 heterocycles. The monoisotopic (exact) mass is 993 g/mol. The largest absolute Gasteiger partial charge is 0.383 e. The fraction of sp³-hybridized carbons (Fsp3) is 0.451. The Morgan fingerprint density at radius 2 is 1.51 bits per heavy atom. The number of carbonyl (C=O) groups is 6. The van der Waals surface area contributed by atoms with Gasteiger partial charge in [0.25, 0.3) is 11.8 Å². The van der Waals surface area contributed by atoms with E-state index in [2.05, 4.69) is 30.6 Å². The molecule has 3 fully saturated rings. The summed E-state index contributed by atoms with van der Waals surface area (Å²) in [6, 6.07) is 12.9. The van der Waals surface area contributed by atoms with Crippen molar-refractivity contribution in [1.82, 2.24) is 35.1 Å². The number of halogens is 2. The molecule has 3 saturated heterocycles. The molecule has 0 saturated carbocycles. The highest BCUT2D eigenvalue weighted by molar-refractivity contribution is 6.23. The molecule has 5 aromatic rings. The molecule has 2 aromatic heterocycles. The topological polar surface area (TPSA) is 220 Å². The number of anilines is 2. The molecule has 0 aliphatic carbocycles. The summed E-state index contributed by atoms with van der Waals surface area (Å²) in [6.07, 6.45) is 3.07. The van der Waals surface area contributed by atoms with E-state index in [1.807, 2.05) is 32.0 Å². The molecule has 0 radical (unpaired) electrons. The predicted molar refractivity (Wildman–Crippen MR) is 257 cm³/mol. The maximum atomic E-state index is 14.6. The number of ether oxygens (including phenoxy) is 3. The molecule has 4 aliphatic rings. The first-order chi connectivity index (χ1) is 34.9. The fourth-order valence-electron chi connectivity index (χ4n) is 10.1. The van der Waals surface area contributed by atoms with Crippen LogP contribution in [0.25, 0.3) is 22.2 Å². The number of hydrogen-bond donors (Lipinski definition) is 3. The van der Waals surface area contributed by atoms with Gasteiger partial charge >= 0.3 is 0 Å². The van der Waals surface area contributed by atoms with Crippen LogP contribution < -0.4 is 20.9 Å². The van der Waals surface area contributed by atoms with Gasteiger partial charge in [-0.25, -0.2) is 13.8 Å². The molecule has 380 valence electrons. The Morgan fingerprint density at radius 3 is 2.24 bits per heavy atom. The number of rotatable bonds is 20. The average Bonchev–Trinajstić information content (AvgIpc) is 3.99. The van der Waals surface area contributed by atoms with Gasteiger partial charge in [0.1, 0.15) is 17.6 Å². The number of piperidine rings is 3. The Balaban J connectivity index is 0.686. The minimum atomic E-state index is -1.03. The SMILES string of the molecule is Cc1noc(C)c1-c1ccc2c(c1)nc([C@@H]1CCCC(=O)N1c1ccc(F)c(F)c1)n2C1CCN(CC(=O)NCCOCCOCCOCCNc2ccc3c(c2)C(=O)N(C2CCC(=O)NC2=O)C3=O)CC1. The van der Waals surface area contributed by atoms with Gasteiger partial charge in [-0.15, -0.1) is 0 Å². The van der Waals surface area contributed by atoms with Crippen LogP contribution in [0.1, 0.15) is 95.0 Å². The van der Waals surface area contributed by atoms with E-state index in [9.17, 15) is 37.5 Å². The van der Waals surface area contributed by atoms with Gasteiger partial charge in [-0.2, -0.15) is 0 Å². The van der Waals surface area contributed by atoms with E-state index in [4.69, 9.17) is 23.7 Å². The molecule has 1 unspecified atom stereocenters. The average molecular weight is 994 g/mol. The predicted octanol–water partition coefficient (Wildman–Crippen LogP) is 5.16. The molecule has 2 atom stereocenters. The number of amides is 6. The first kappa shape index (κ1) is 50.0. The van der Waals surface area contributed by atoms with E-state index in [0.29, 0.717) is 109 Å². The quantitative estimate of drug-likeness (QED) is 0.0678. The molecular weight excluding hydrogens is 937 g/mol. The number of imidazole rings is 1. The summed E-state index contributed by atoms with van der Waals surface area (Å²) >= 11 is 0. The highest BCUT2D eigenvalue weighted by Gasteiger charge is 2.45. The van der Waals surface area contributed by atoms with Crippen molar-refractivity contribution in [2.45, 2.75) is 76.9 Å². The molecule has 72 heavy (non-hydrogen) atoms. The van der Waals surface area contributed by atoms with Crippen LogP contribution in [0.2, 0.25) is 0 Å². The summed E-state index contributed by atoms with van der Waals surface area (Å²) in [4.78, 5) is 86.2. The van der Waals surface area contributed by atoms with E-state index in [0.717, 1.165) is 44.9 Å². The standard InChI is InChI=1S/C51H57F2N9O10/c1-30-47(31(2)72-58-30)32-6-11-41-40(26-32)56-48(42-4-3-5-46(65)60(42)35-8-10-38(52)39(53)28-35)61(41)34-14-18-59(19-15-34)29-45(64)55-17-21-70-23-25-71-24-22-69-20-16-54-33-7-9-36-37(27-33)51(68)62(50(36)67)43-12-13-44(63)57-49(43)66/h6-11,26-28,34,42-43,54H,3-5,12-25,29H2,1-2H3,(H,55,64)(H,57,63,66)/t42-,43?/m0/s1. The Labute approximate surface area is 413 Å². The van der Waals surface area contributed by atoms with Crippen molar-refractivity contribution in [3.8, 4) is 11.1 Å². The summed E-state index contributed by atoms with van der Waals surface area (Å²) in [6.45, 7) is 8.08. The second kappa shape index (κ2) is 22.2. The smallest absolute Gasteiger partial charge is 0.262 e. The zero-order valence-electron chi connectivity index (χ0n) is 40.2. The van der Waals surface area contributed by atoms with Gasteiger partial charge in [0.15, 0.2) is 11.6 Å². The van der Waals surface area contributed by atoms with Crippen LogP contribution >= 0.6 is 0 Å². The van der Waals surface area contributed by atoms with Gasteiger partial charge in [-0.1, -0.05) is 11.2 Å². The van der Waals surface area contributed by atoms with E-state index in [1.165, 1.54) is 6.07 Å².